The van der Waals surface area contributed by atoms with Crippen LogP contribution >= 0.6 is 0 Å². The van der Waals surface area contributed by atoms with Crippen LogP contribution in [0.1, 0.15) is 36.4 Å². The van der Waals surface area contributed by atoms with Crippen LogP contribution in [-0.4, -0.2) is 32.9 Å². The van der Waals surface area contributed by atoms with Crippen LogP contribution < -0.4 is 10.0 Å². The summed E-state index contributed by atoms with van der Waals surface area (Å²) in [6.07, 6.45) is 2.20. The molecule has 1 aromatic carbocycles. The molecule has 1 atom stereocenters. The van der Waals surface area contributed by atoms with Crippen molar-refractivity contribution in [1.82, 2.24) is 10.0 Å². The maximum atomic E-state index is 12.4. The molecule has 0 unspecified atom stereocenters. The van der Waals surface area contributed by atoms with E-state index in [2.05, 4.69) is 10.0 Å². The molecule has 8 nitrogen and oxygen atoms in total. The molecule has 1 aromatic heterocycles. The topological polar surface area (TPSA) is 115 Å². The van der Waals surface area contributed by atoms with Crippen molar-refractivity contribution in [3.8, 4) is 0 Å². The zero-order valence-corrected chi connectivity index (χ0v) is 15.9. The van der Waals surface area contributed by atoms with Gasteiger partial charge in [0, 0.05) is 6.04 Å². The Morgan fingerprint density at radius 2 is 2.00 bits per heavy atom. The lowest BCUT2D eigenvalue weighted by Gasteiger charge is -2.11. The van der Waals surface area contributed by atoms with Crippen molar-refractivity contribution < 1.29 is 27.2 Å². The van der Waals surface area contributed by atoms with E-state index < -0.39 is 28.5 Å². The Labute approximate surface area is 157 Å². The number of nitrogens with one attached hydrogen (secondary N) is 2. The summed E-state index contributed by atoms with van der Waals surface area (Å²) in [5, 5.41) is 2.67. The van der Waals surface area contributed by atoms with E-state index >= 15 is 0 Å². The average Bonchev–Trinajstić information content (AvgIpc) is 3.18. The molecule has 146 valence electrons. The second-order valence-electron chi connectivity index (χ2n) is 5.88. The molecule has 27 heavy (non-hydrogen) atoms. The third-order valence-electron chi connectivity index (χ3n) is 3.75. The quantitative estimate of drug-likeness (QED) is 0.627. The summed E-state index contributed by atoms with van der Waals surface area (Å²) in [4.78, 5) is 23.7. The first kappa shape index (κ1) is 20.7. The van der Waals surface area contributed by atoms with Gasteiger partial charge in [-0.25, -0.2) is 17.9 Å². The van der Waals surface area contributed by atoms with Gasteiger partial charge in [0.05, 0.1) is 23.3 Å². The van der Waals surface area contributed by atoms with Gasteiger partial charge in [-0.1, -0.05) is 13.0 Å². The van der Waals surface area contributed by atoms with Crippen molar-refractivity contribution in [3.63, 3.8) is 0 Å². The minimum atomic E-state index is -3.84. The van der Waals surface area contributed by atoms with Crippen molar-refractivity contribution >= 4 is 21.9 Å². The van der Waals surface area contributed by atoms with E-state index in [0.29, 0.717) is 5.76 Å². The summed E-state index contributed by atoms with van der Waals surface area (Å²) in [6.45, 7) is 3.31. The van der Waals surface area contributed by atoms with Crippen LogP contribution in [-0.2, 0) is 26.1 Å². The van der Waals surface area contributed by atoms with Crippen molar-refractivity contribution in [2.75, 3.05) is 6.61 Å². The Kier molecular flexibility index (Phi) is 7.14. The summed E-state index contributed by atoms with van der Waals surface area (Å²) in [6, 6.07) is 8.66. The van der Waals surface area contributed by atoms with Gasteiger partial charge in [0.25, 0.3) is 5.91 Å². The lowest BCUT2D eigenvalue weighted by atomic mass is 10.2. The molecule has 0 aliphatic carbocycles. The fourth-order valence-corrected chi connectivity index (χ4v) is 3.12. The highest BCUT2D eigenvalue weighted by atomic mass is 32.2. The Bertz CT molecular complexity index is 877. The summed E-state index contributed by atoms with van der Waals surface area (Å²) in [7, 11) is -3.84. The van der Waals surface area contributed by atoms with Crippen molar-refractivity contribution in [1.29, 1.82) is 0 Å². The second kappa shape index (κ2) is 9.33. The predicted octanol–water partition coefficient (Wildman–Crippen LogP) is 1.83. The number of esters is 1. The Morgan fingerprint density at radius 1 is 1.22 bits per heavy atom. The van der Waals surface area contributed by atoms with Crippen LogP contribution in [0.25, 0.3) is 0 Å². The Hall–Kier alpha value is -2.65. The third-order valence-corrected chi connectivity index (χ3v) is 5.15. The SMILES string of the molecule is CC[C@H](C)NC(=O)COC(=O)c1cccc(S(=O)(=O)NCc2ccco2)c1. The molecule has 2 rings (SSSR count). The van der Waals surface area contributed by atoms with Gasteiger partial charge in [0.1, 0.15) is 5.76 Å². The molecule has 0 aliphatic rings. The van der Waals surface area contributed by atoms with E-state index in [0.717, 1.165) is 6.42 Å². The van der Waals surface area contributed by atoms with Crippen molar-refractivity contribution in [2.45, 2.75) is 37.8 Å². The normalized spacial score (nSPS) is 12.4. The van der Waals surface area contributed by atoms with Gasteiger partial charge in [-0.15, -0.1) is 0 Å². The molecule has 0 radical (unpaired) electrons. The molecule has 0 bridgehead atoms. The van der Waals surface area contributed by atoms with Gasteiger partial charge in [0.2, 0.25) is 10.0 Å². The van der Waals surface area contributed by atoms with Crippen LogP contribution in [0, 0.1) is 0 Å². The number of ether oxygens (including phenoxy) is 1. The molecule has 1 heterocycles. The van der Waals surface area contributed by atoms with Crippen LogP contribution in [0.3, 0.4) is 0 Å². The lowest BCUT2D eigenvalue weighted by molar-refractivity contribution is -0.124. The second-order valence-corrected chi connectivity index (χ2v) is 7.65. The lowest BCUT2D eigenvalue weighted by Crippen LogP contribution is -2.35. The van der Waals surface area contributed by atoms with E-state index in [-0.39, 0.29) is 23.0 Å². The smallest absolute Gasteiger partial charge is 0.338 e. The van der Waals surface area contributed by atoms with Gasteiger partial charge in [-0.05, 0) is 43.7 Å². The van der Waals surface area contributed by atoms with E-state index in [1.54, 1.807) is 12.1 Å². The minimum absolute atomic E-state index is 0.0141. The highest BCUT2D eigenvalue weighted by Gasteiger charge is 2.18. The first-order valence-corrected chi connectivity index (χ1v) is 9.88. The first-order valence-electron chi connectivity index (χ1n) is 8.40. The van der Waals surface area contributed by atoms with Crippen LogP contribution in [0.15, 0.2) is 52.0 Å². The molecule has 2 aromatic rings. The van der Waals surface area contributed by atoms with Gasteiger partial charge in [-0.3, -0.25) is 4.79 Å². The highest BCUT2D eigenvalue weighted by molar-refractivity contribution is 7.89. The first-order chi connectivity index (χ1) is 12.8. The van der Waals surface area contributed by atoms with E-state index in [1.807, 2.05) is 13.8 Å². The molecule has 0 fully saturated rings. The van der Waals surface area contributed by atoms with Crippen LogP contribution in [0.4, 0.5) is 0 Å². The summed E-state index contributed by atoms with van der Waals surface area (Å²) in [5.74, 6) is -0.736. The number of rotatable bonds is 9. The van der Waals surface area contributed by atoms with Gasteiger partial charge in [0.15, 0.2) is 6.61 Å². The third kappa shape index (κ3) is 6.22. The summed E-state index contributed by atoms with van der Waals surface area (Å²) < 4.78 is 37.1. The monoisotopic (exact) mass is 394 g/mol. The number of carbonyl (C=O) groups is 2. The highest BCUT2D eigenvalue weighted by Crippen LogP contribution is 2.13. The number of sulfonamides is 1. The zero-order valence-electron chi connectivity index (χ0n) is 15.1. The fraction of sp³-hybridized carbons (Fsp3) is 0.333. The molecule has 0 saturated heterocycles. The number of benzene rings is 1. The standard InChI is InChI=1S/C18H22N2O6S/c1-3-13(2)20-17(21)12-26-18(22)14-6-4-8-16(10-14)27(23,24)19-11-15-7-5-9-25-15/h4-10,13,19H,3,11-12H2,1-2H3,(H,20,21)/t13-/m0/s1. The Morgan fingerprint density at radius 3 is 2.67 bits per heavy atom. The molecular weight excluding hydrogens is 372 g/mol. The number of carbonyl (C=O) groups excluding carboxylic acids is 2. The molecule has 0 spiro atoms. The predicted molar refractivity (Wildman–Crippen MR) is 97.4 cm³/mol. The van der Waals surface area contributed by atoms with E-state index in [9.17, 15) is 18.0 Å². The molecule has 1 amide bonds. The fourth-order valence-electron chi connectivity index (χ4n) is 2.09. The Balaban J connectivity index is 1.99. The van der Waals surface area contributed by atoms with E-state index in [4.69, 9.17) is 9.15 Å². The van der Waals surface area contributed by atoms with Crippen LogP contribution in [0.2, 0.25) is 0 Å². The van der Waals surface area contributed by atoms with Gasteiger partial charge >= 0.3 is 5.97 Å². The van der Waals surface area contributed by atoms with E-state index in [1.165, 1.54) is 30.5 Å². The maximum Gasteiger partial charge on any atom is 0.338 e. The molecular formula is C18H22N2O6S. The molecule has 2 N–H and O–H groups in total. The zero-order chi connectivity index (χ0) is 19.9. The molecule has 0 aliphatic heterocycles. The number of hydrogen-bond acceptors (Lipinski definition) is 6. The van der Waals surface area contributed by atoms with Gasteiger partial charge < -0.3 is 14.5 Å². The van der Waals surface area contributed by atoms with Crippen molar-refractivity contribution in [2.24, 2.45) is 0 Å². The molecule has 9 heteroatoms. The molecule has 0 saturated carbocycles. The van der Waals surface area contributed by atoms with Crippen LogP contribution in [0.5, 0.6) is 0 Å². The number of furan rings is 1. The number of amides is 1. The summed E-state index contributed by atoms with van der Waals surface area (Å²) in [5.41, 5.74) is 0.0345. The average molecular weight is 394 g/mol. The minimum Gasteiger partial charge on any atom is -0.468 e. The largest absolute Gasteiger partial charge is 0.468 e. The van der Waals surface area contributed by atoms with Crippen molar-refractivity contribution in [3.05, 3.63) is 54.0 Å². The number of hydrogen-bond donors (Lipinski definition) is 2. The maximum absolute atomic E-state index is 12.4. The van der Waals surface area contributed by atoms with Gasteiger partial charge in [-0.2, -0.15) is 0 Å². The summed E-state index contributed by atoms with van der Waals surface area (Å²) >= 11 is 0.